The van der Waals surface area contributed by atoms with Gasteiger partial charge < -0.3 is 10.1 Å². The normalized spacial score (nSPS) is 46.1. The molecule has 4 saturated heterocycles. The average Bonchev–Trinajstić information content (AvgIpc) is 2.15. The molecule has 4 aliphatic rings. The van der Waals surface area contributed by atoms with Gasteiger partial charge in [0.25, 0.3) is 0 Å². The number of hydrogen-bond acceptors (Lipinski definition) is 3. The van der Waals surface area contributed by atoms with Crippen molar-refractivity contribution in [2.45, 2.75) is 49.9 Å². The second-order valence-electron chi connectivity index (χ2n) is 5.04. The highest BCUT2D eigenvalue weighted by Crippen LogP contribution is 2.38. The third-order valence-electron chi connectivity index (χ3n) is 4.19. The van der Waals surface area contributed by atoms with Crippen LogP contribution in [0.25, 0.3) is 0 Å². The molecule has 0 aromatic heterocycles. The van der Waals surface area contributed by atoms with Crippen LogP contribution in [0.3, 0.4) is 0 Å². The smallest absolute Gasteiger partial charge is 0.0589 e. The molecule has 4 bridgehead atoms. The molecule has 0 aromatic rings. The molecule has 0 atom stereocenters. The van der Waals surface area contributed by atoms with E-state index in [1.807, 2.05) is 0 Å². The molecule has 3 nitrogen and oxygen atoms in total. The largest absolute Gasteiger partial charge is 0.383 e. The summed E-state index contributed by atoms with van der Waals surface area (Å²) in [5.41, 5.74) is 0. The number of methoxy groups -OCH3 is 1. The lowest BCUT2D eigenvalue weighted by atomic mass is 9.74. The van der Waals surface area contributed by atoms with E-state index >= 15 is 0 Å². The zero-order valence-corrected chi connectivity index (χ0v) is 8.91. The molecule has 0 aliphatic carbocycles. The van der Waals surface area contributed by atoms with Gasteiger partial charge in [-0.25, -0.2) is 0 Å². The first kappa shape index (κ1) is 9.13. The second kappa shape index (κ2) is 3.47. The number of nitrogens with one attached hydrogen (secondary N) is 1. The quantitative estimate of drug-likeness (QED) is 0.715. The molecular formula is C11H20N2O. The zero-order valence-electron chi connectivity index (χ0n) is 8.91. The van der Waals surface area contributed by atoms with E-state index in [0.29, 0.717) is 0 Å². The summed E-state index contributed by atoms with van der Waals surface area (Å²) in [6.45, 7) is 2.04. The summed E-state index contributed by atoms with van der Waals surface area (Å²) in [5, 5.41) is 3.73. The monoisotopic (exact) mass is 196 g/mol. The summed E-state index contributed by atoms with van der Waals surface area (Å²) in [6, 6.07) is 3.37. The van der Waals surface area contributed by atoms with E-state index < -0.39 is 0 Å². The molecule has 0 aromatic carbocycles. The first-order chi connectivity index (χ1) is 6.86. The van der Waals surface area contributed by atoms with Crippen molar-refractivity contribution in [2.24, 2.45) is 0 Å². The van der Waals surface area contributed by atoms with Gasteiger partial charge in [-0.15, -0.1) is 0 Å². The molecule has 0 amide bonds. The van der Waals surface area contributed by atoms with Crippen molar-refractivity contribution in [3.8, 4) is 0 Å². The summed E-state index contributed by atoms with van der Waals surface area (Å²) < 4.78 is 5.19. The first-order valence-electron chi connectivity index (χ1n) is 5.87. The van der Waals surface area contributed by atoms with Crippen molar-refractivity contribution < 1.29 is 4.74 Å². The molecule has 4 rings (SSSR count). The van der Waals surface area contributed by atoms with E-state index in [2.05, 4.69) is 10.2 Å². The van der Waals surface area contributed by atoms with Crippen LogP contribution >= 0.6 is 0 Å². The van der Waals surface area contributed by atoms with E-state index in [-0.39, 0.29) is 0 Å². The molecule has 4 heterocycles. The molecule has 80 valence electrons. The van der Waals surface area contributed by atoms with Crippen LogP contribution in [0.15, 0.2) is 0 Å². The summed E-state index contributed by atoms with van der Waals surface area (Å²) in [4.78, 5) is 2.71. The molecule has 0 spiro atoms. The summed E-state index contributed by atoms with van der Waals surface area (Å²) >= 11 is 0. The van der Waals surface area contributed by atoms with Gasteiger partial charge in [0.05, 0.1) is 6.61 Å². The summed E-state index contributed by atoms with van der Waals surface area (Å²) in [7, 11) is 1.80. The molecule has 4 aliphatic heterocycles. The van der Waals surface area contributed by atoms with Crippen LogP contribution in [-0.4, -0.2) is 49.3 Å². The SMILES string of the molecule is COCCN1C2CC3CC1CC(C2)N3. The maximum absolute atomic E-state index is 5.19. The minimum atomic E-state index is 0.830. The number of rotatable bonds is 3. The highest BCUT2D eigenvalue weighted by atomic mass is 16.5. The fourth-order valence-electron chi connectivity index (χ4n) is 3.71. The van der Waals surface area contributed by atoms with Gasteiger partial charge in [0.15, 0.2) is 0 Å². The van der Waals surface area contributed by atoms with Crippen LogP contribution < -0.4 is 5.32 Å². The van der Waals surface area contributed by atoms with Crippen LogP contribution in [-0.2, 0) is 4.74 Å². The van der Waals surface area contributed by atoms with Gasteiger partial charge in [0.1, 0.15) is 0 Å². The van der Waals surface area contributed by atoms with Crippen LogP contribution in [0.4, 0.5) is 0 Å². The van der Waals surface area contributed by atoms with Crippen LogP contribution in [0.2, 0.25) is 0 Å². The topological polar surface area (TPSA) is 24.5 Å². The Morgan fingerprint density at radius 1 is 1.14 bits per heavy atom. The standard InChI is InChI=1S/C11H20N2O/c1-14-3-2-13-10-4-8-5-11(13)7-9(6-10)12-8/h8-12H,2-7H2,1H3. The maximum atomic E-state index is 5.19. The Morgan fingerprint density at radius 2 is 1.71 bits per heavy atom. The lowest BCUT2D eigenvalue weighted by Crippen LogP contribution is -2.67. The Hall–Kier alpha value is -0.120. The van der Waals surface area contributed by atoms with Crippen molar-refractivity contribution in [1.82, 2.24) is 10.2 Å². The molecule has 0 radical (unpaired) electrons. The predicted molar refractivity (Wildman–Crippen MR) is 55.3 cm³/mol. The predicted octanol–water partition coefficient (Wildman–Crippen LogP) is 0.600. The van der Waals surface area contributed by atoms with E-state index in [1.54, 1.807) is 7.11 Å². The number of piperidine rings is 4. The van der Waals surface area contributed by atoms with E-state index in [1.165, 1.54) is 25.7 Å². The van der Waals surface area contributed by atoms with E-state index in [4.69, 9.17) is 4.74 Å². The Labute approximate surface area is 85.8 Å². The van der Waals surface area contributed by atoms with Gasteiger partial charge in [0.2, 0.25) is 0 Å². The fourth-order valence-corrected chi connectivity index (χ4v) is 3.71. The molecular weight excluding hydrogens is 176 g/mol. The minimum Gasteiger partial charge on any atom is -0.383 e. The highest BCUT2D eigenvalue weighted by molar-refractivity contribution is 5.05. The van der Waals surface area contributed by atoms with Gasteiger partial charge in [-0.1, -0.05) is 0 Å². The van der Waals surface area contributed by atoms with Crippen molar-refractivity contribution in [3.05, 3.63) is 0 Å². The highest BCUT2D eigenvalue weighted by Gasteiger charge is 2.46. The Bertz CT molecular complexity index is 191. The third kappa shape index (κ3) is 1.38. The van der Waals surface area contributed by atoms with Crippen molar-refractivity contribution in [3.63, 3.8) is 0 Å². The number of nitrogens with zero attached hydrogens (tertiary/aromatic N) is 1. The first-order valence-corrected chi connectivity index (χ1v) is 5.87. The van der Waals surface area contributed by atoms with Gasteiger partial charge in [-0.2, -0.15) is 0 Å². The van der Waals surface area contributed by atoms with Crippen molar-refractivity contribution >= 4 is 0 Å². The minimum absolute atomic E-state index is 0.830. The molecule has 3 heteroatoms. The lowest BCUT2D eigenvalue weighted by Gasteiger charge is -2.57. The van der Waals surface area contributed by atoms with E-state index in [9.17, 15) is 0 Å². The zero-order chi connectivity index (χ0) is 9.54. The van der Waals surface area contributed by atoms with E-state index in [0.717, 1.165) is 37.3 Å². The summed E-state index contributed by atoms with van der Waals surface area (Å²) in [6.07, 6.45) is 5.49. The molecule has 14 heavy (non-hydrogen) atoms. The molecule has 0 unspecified atom stereocenters. The molecule has 1 N–H and O–H groups in total. The fraction of sp³-hybridized carbons (Fsp3) is 1.00. The lowest BCUT2D eigenvalue weighted by molar-refractivity contribution is -0.0406. The van der Waals surface area contributed by atoms with Crippen molar-refractivity contribution in [2.75, 3.05) is 20.3 Å². The number of ether oxygens (including phenoxy) is 1. The third-order valence-corrected chi connectivity index (χ3v) is 4.19. The summed E-state index contributed by atoms with van der Waals surface area (Å²) in [5.74, 6) is 0. The van der Waals surface area contributed by atoms with Crippen LogP contribution in [0.5, 0.6) is 0 Å². The maximum Gasteiger partial charge on any atom is 0.0589 e. The van der Waals surface area contributed by atoms with Gasteiger partial charge in [0, 0.05) is 37.8 Å². The van der Waals surface area contributed by atoms with Gasteiger partial charge in [-0.3, -0.25) is 4.90 Å². The van der Waals surface area contributed by atoms with Crippen LogP contribution in [0, 0.1) is 0 Å². The Balaban J connectivity index is 1.69. The Morgan fingerprint density at radius 3 is 2.21 bits per heavy atom. The van der Waals surface area contributed by atoms with Crippen LogP contribution in [0.1, 0.15) is 25.7 Å². The number of hydrogen-bond donors (Lipinski definition) is 1. The molecule has 0 saturated carbocycles. The Kier molecular flexibility index (Phi) is 2.26. The average molecular weight is 196 g/mol. The van der Waals surface area contributed by atoms with Gasteiger partial charge in [-0.05, 0) is 25.7 Å². The van der Waals surface area contributed by atoms with Gasteiger partial charge >= 0.3 is 0 Å². The van der Waals surface area contributed by atoms with Crippen molar-refractivity contribution in [1.29, 1.82) is 0 Å². The molecule has 4 fully saturated rings. The second-order valence-corrected chi connectivity index (χ2v) is 5.04.